The third-order valence-corrected chi connectivity index (χ3v) is 6.95. The number of amides is 2. The van der Waals surface area contributed by atoms with E-state index in [1.165, 1.54) is 11.1 Å². The van der Waals surface area contributed by atoms with Gasteiger partial charge in [-0.1, -0.05) is 24.3 Å². The summed E-state index contributed by atoms with van der Waals surface area (Å²) in [6.07, 6.45) is 4.95. The topological polar surface area (TPSA) is 85.8 Å². The lowest BCUT2D eigenvalue weighted by Crippen LogP contribution is -2.51. The SMILES string of the molecule is O=C(NC[C@H](O)CN1CCc2ccccc2C1)c1cc(CC2CN(C(=O)C3CC3)C2)ccn1. The van der Waals surface area contributed by atoms with Gasteiger partial charge < -0.3 is 15.3 Å². The minimum absolute atomic E-state index is 0.198. The molecule has 2 aliphatic heterocycles. The Bertz CT molecular complexity index is 1020. The summed E-state index contributed by atoms with van der Waals surface area (Å²) < 4.78 is 0. The van der Waals surface area contributed by atoms with E-state index < -0.39 is 6.10 Å². The molecule has 3 heterocycles. The molecule has 2 fully saturated rings. The van der Waals surface area contributed by atoms with Crippen molar-refractivity contribution in [2.45, 2.75) is 38.3 Å². The highest BCUT2D eigenvalue weighted by Crippen LogP contribution is 2.34. The van der Waals surface area contributed by atoms with Gasteiger partial charge in [-0.15, -0.1) is 0 Å². The van der Waals surface area contributed by atoms with Crippen LogP contribution in [0.25, 0.3) is 0 Å². The van der Waals surface area contributed by atoms with Crippen LogP contribution in [0, 0.1) is 11.8 Å². The molecule has 1 saturated heterocycles. The Kier molecular flexibility index (Phi) is 6.42. The number of carbonyl (C=O) groups is 2. The summed E-state index contributed by atoms with van der Waals surface area (Å²) in [5.74, 6) is 0.776. The van der Waals surface area contributed by atoms with Crippen molar-refractivity contribution in [1.29, 1.82) is 0 Å². The van der Waals surface area contributed by atoms with Crippen LogP contribution in [-0.2, 0) is 24.2 Å². The first kappa shape index (κ1) is 22.0. The Morgan fingerprint density at radius 2 is 1.94 bits per heavy atom. The Labute approximate surface area is 194 Å². The fourth-order valence-corrected chi connectivity index (χ4v) is 4.90. The molecule has 5 rings (SSSR count). The van der Waals surface area contributed by atoms with Crippen LogP contribution in [0.3, 0.4) is 0 Å². The molecule has 1 atom stereocenters. The lowest BCUT2D eigenvalue weighted by Gasteiger charge is -2.39. The number of β-amino-alcohol motifs (C(OH)–C–C–N with tert-alkyl or cyclic N) is 1. The first-order chi connectivity index (χ1) is 16.0. The number of benzene rings is 1. The van der Waals surface area contributed by atoms with Crippen LogP contribution in [0.1, 0.15) is 40.0 Å². The van der Waals surface area contributed by atoms with E-state index in [1.807, 2.05) is 17.0 Å². The Morgan fingerprint density at radius 1 is 1.15 bits per heavy atom. The van der Waals surface area contributed by atoms with E-state index in [0.29, 0.717) is 24.1 Å². The number of hydrogen-bond acceptors (Lipinski definition) is 5. The molecular formula is C26H32N4O3. The van der Waals surface area contributed by atoms with E-state index >= 15 is 0 Å². The van der Waals surface area contributed by atoms with Gasteiger partial charge in [-0.05, 0) is 60.4 Å². The third-order valence-electron chi connectivity index (χ3n) is 6.95. The van der Waals surface area contributed by atoms with Crippen molar-refractivity contribution >= 4 is 11.8 Å². The summed E-state index contributed by atoms with van der Waals surface area (Å²) in [6, 6.07) is 12.2. The first-order valence-electron chi connectivity index (χ1n) is 12.0. The van der Waals surface area contributed by atoms with Gasteiger partial charge in [0.05, 0.1) is 6.10 Å². The molecule has 3 aliphatic rings. The van der Waals surface area contributed by atoms with Gasteiger partial charge in [0.1, 0.15) is 5.69 Å². The average Bonchev–Trinajstić information content (AvgIpc) is 3.65. The van der Waals surface area contributed by atoms with Gasteiger partial charge in [-0.3, -0.25) is 19.5 Å². The smallest absolute Gasteiger partial charge is 0.269 e. The molecule has 33 heavy (non-hydrogen) atoms. The molecule has 0 spiro atoms. The molecule has 0 unspecified atom stereocenters. The predicted molar refractivity (Wildman–Crippen MR) is 124 cm³/mol. The molecule has 7 heteroatoms. The van der Waals surface area contributed by atoms with Gasteiger partial charge in [0.25, 0.3) is 5.91 Å². The highest BCUT2D eigenvalue weighted by molar-refractivity contribution is 5.92. The van der Waals surface area contributed by atoms with Crippen LogP contribution in [0.15, 0.2) is 42.6 Å². The van der Waals surface area contributed by atoms with Gasteiger partial charge in [0, 0.05) is 51.4 Å². The van der Waals surface area contributed by atoms with Crippen molar-refractivity contribution < 1.29 is 14.7 Å². The number of nitrogens with zero attached hydrogens (tertiary/aromatic N) is 3. The van der Waals surface area contributed by atoms with Gasteiger partial charge in [0.2, 0.25) is 5.91 Å². The van der Waals surface area contributed by atoms with Crippen LogP contribution in [-0.4, -0.2) is 70.5 Å². The standard InChI is InChI=1S/C26H32N4O3/c31-23(17-29-10-8-20-3-1-2-4-22(20)16-29)13-28-25(32)24-12-18(7-9-27-24)11-19-14-30(15-19)26(33)21-5-6-21/h1-4,7,9,12,19,21,23,31H,5-6,8,10-11,13-17H2,(H,28,32)/t23-/m0/s1. The van der Waals surface area contributed by atoms with Crippen molar-refractivity contribution in [1.82, 2.24) is 20.1 Å². The Balaban J connectivity index is 1.06. The summed E-state index contributed by atoms with van der Waals surface area (Å²) in [5.41, 5.74) is 4.13. The Morgan fingerprint density at radius 3 is 2.73 bits per heavy atom. The maximum atomic E-state index is 12.6. The maximum absolute atomic E-state index is 12.6. The first-order valence-corrected chi connectivity index (χ1v) is 12.0. The van der Waals surface area contributed by atoms with Crippen molar-refractivity contribution in [3.8, 4) is 0 Å². The van der Waals surface area contributed by atoms with E-state index in [0.717, 1.165) is 57.4 Å². The fourth-order valence-electron chi connectivity index (χ4n) is 4.90. The molecule has 2 amide bonds. The molecular weight excluding hydrogens is 416 g/mol. The molecule has 7 nitrogen and oxygen atoms in total. The monoisotopic (exact) mass is 448 g/mol. The number of nitrogens with one attached hydrogen (secondary N) is 1. The van der Waals surface area contributed by atoms with Crippen molar-refractivity contribution in [2.75, 3.05) is 32.7 Å². The second-order valence-electron chi connectivity index (χ2n) is 9.75. The van der Waals surface area contributed by atoms with E-state index in [4.69, 9.17) is 0 Å². The van der Waals surface area contributed by atoms with E-state index in [1.54, 1.807) is 6.20 Å². The number of aliphatic hydroxyl groups is 1. The lowest BCUT2D eigenvalue weighted by molar-refractivity contribution is -0.138. The average molecular weight is 449 g/mol. The largest absolute Gasteiger partial charge is 0.390 e. The van der Waals surface area contributed by atoms with Crippen LogP contribution < -0.4 is 5.32 Å². The summed E-state index contributed by atoms with van der Waals surface area (Å²) in [5, 5.41) is 13.3. The van der Waals surface area contributed by atoms with Crippen molar-refractivity contribution in [3.63, 3.8) is 0 Å². The predicted octanol–water partition coefficient (Wildman–Crippen LogP) is 1.64. The molecule has 2 aromatic rings. The van der Waals surface area contributed by atoms with Gasteiger partial charge in [-0.2, -0.15) is 0 Å². The third kappa shape index (κ3) is 5.42. The molecule has 174 valence electrons. The van der Waals surface area contributed by atoms with Crippen molar-refractivity contribution in [2.24, 2.45) is 11.8 Å². The van der Waals surface area contributed by atoms with Crippen LogP contribution in [0.2, 0.25) is 0 Å². The number of aromatic nitrogens is 1. The summed E-state index contributed by atoms with van der Waals surface area (Å²) in [4.78, 5) is 33.1. The number of pyridine rings is 1. The van der Waals surface area contributed by atoms with Crippen LogP contribution in [0.5, 0.6) is 0 Å². The summed E-state index contributed by atoms with van der Waals surface area (Å²) in [7, 11) is 0. The zero-order chi connectivity index (χ0) is 22.8. The van der Waals surface area contributed by atoms with Gasteiger partial charge in [-0.25, -0.2) is 0 Å². The minimum Gasteiger partial charge on any atom is -0.390 e. The van der Waals surface area contributed by atoms with E-state index in [9.17, 15) is 14.7 Å². The van der Waals surface area contributed by atoms with Crippen molar-refractivity contribution in [3.05, 3.63) is 65.0 Å². The Hall–Kier alpha value is -2.77. The summed E-state index contributed by atoms with van der Waals surface area (Å²) >= 11 is 0. The van der Waals surface area contributed by atoms with Gasteiger partial charge in [0.15, 0.2) is 0 Å². The zero-order valence-corrected chi connectivity index (χ0v) is 18.9. The molecule has 2 N–H and O–H groups in total. The quantitative estimate of drug-likeness (QED) is 0.641. The molecule has 1 aliphatic carbocycles. The number of aliphatic hydroxyl groups excluding tert-OH is 1. The molecule has 0 radical (unpaired) electrons. The highest BCUT2D eigenvalue weighted by atomic mass is 16.3. The number of hydrogen-bond donors (Lipinski definition) is 2. The van der Waals surface area contributed by atoms with E-state index in [2.05, 4.69) is 39.5 Å². The lowest BCUT2D eigenvalue weighted by atomic mass is 9.92. The number of fused-ring (bicyclic) bond motifs is 1. The second kappa shape index (κ2) is 9.61. The number of rotatable bonds is 8. The summed E-state index contributed by atoms with van der Waals surface area (Å²) in [6.45, 7) is 4.09. The van der Waals surface area contributed by atoms with Crippen LogP contribution >= 0.6 is 0 Å². The molecule has 1 saturated carbocycles. The normalized spacial score (nSPS) is 19.5. The molecule has 0 bridgehead atoms. The van der Waals surface area contributed by atoms with E-state index in [-0.39, 0.29) is 18.4 Å². The maximum Gasteiger partial charge on any atom is 0.269 e. The molecule has 1 aromatic heterocycles. The molecule has 1 aromatic carbocycles. The highest BCUT2D eigenvalue weighted by Gasteiger charge is 2.39. The van der Waals surface area contributed by atoms with Gasteiger partial charge >= 0.3 is 0 Å². The minimum atomic E-state index is -0.632. The number of likely N-dealkylation sites (tertiary alicyclic amines) is 1. The fraction of sp³-hybridized carbons (Fsp3) is 0.500. The van der Waals surface area contributed by atoms with Crippen LogP contribution in [0.4, 0.5) is 0 Å². The number of carbonyl (C=O) groups excluding carboxylic acids is 2. The zero-order valence-electron chi connectivity index (χ0n) is 18.9. The second-order valence-corrected chi connectivity index (χ2v) is 9.75.